The van der Waals surface area contributed by atoms with E-state index in [4.69, 9.17) is 14.6 Å². The first-order chi connectivity index (χ1) is 9.42. The van der Waals surface area contributed by atoms with E-state index in [1.807, 2.05) is 0 Å². The van der Waals surface area contributed by atoms with Gasteiger partial charge in [0.2, 0.25) is 22.7 Å². The highest BCUT2D eigenvalue weighted by Gasteiger charge is 2.33. The number of carbonyl (C=O) groups is 1. The number of benzene rings is 1. The van der Waals surface area contributed by atoms with Crippen LogP contribution in [0.5, 0.6) is 11.5 Å². The zero-order valence-corrected chi connectivity index (χ0v) is 11.4. The molecule has 7 nitrogen and oxygen atoms in total. The molecule has 2 heterocycles. The topological polar surface area (TPSA) is 98.9 Å². The second-order valence-corrected chi connectivity index (χ2v) is 6.60. The number of ether oxygens (including phenoxy) is 2. The summed E-state index contributed by atoms with van der Waals surface area (Å²) in [5, 5.41) is 5.02. The summed E-state index contributed by atoms with van der Waals surface area (Å²) in [6.07, 6.45) is 0.185. The fourth-order valence-electron chi connectivity index (χ4n) is 2.52. The molecule has 1 fully saturated rings. The van der Waals surface area contributed by atoms with E-state index < -0.39 is 10.0 Å². The second-order valence-electron chi connectivity index (χ2n) is 4.94. The van der Waals surface area contributed by atoms with E-state index in [0.717, 1.165) is 0 Å². The minimum atomic E-state index is -3.57. The van der Waals surface area contributed by atoms with Crippen molar-refractivity contribution < 1.29 is 22.7 Å². The molecule has 0 spiro atoms. The normalized spacial score (nSPS) is 21.6. The van der Waals surface area contributed by atoms with Crippen LogP contribution in [0.1, 0.15) is 6.42 Å². The number of hydrogen-bond donors (Lipinski definition) is 1. The summed E-state index contributed by atoms with van der Waals surface area (Å²) in [7, 11) is -3.57. The number of amides is 1. The molecule has 8 heteroatoms. The van der Waals surface area contributed by atoms with Crippen molar-refractivity contribution in [3.8, 4) is 11.5 Å². The molecule has 2 aliphatic heterocycles. The Balaban J connectivity index is 1.79. The Morgan fingerprint density at radius 2 is 2.05 bits per heavy atom. The standard InChI is InChI=1S/C12H14N2O5S/c13-20(16,17)6-8-3-12(15)14(5-8)9-1-2-10-11(4-9)19-7-18-10/h1-2,4,8H,3,5-7H2,(H2,13,16,17). The average Bonchev–Trinajstić information content (AvgIpc) is 2.92. The van der Waals surface area contributed by atoms with Gasteiger partial charge in [-0.05, 0) is 12.1 Å². The maximum atomic E-state index is 12.0. The van der Waals surface area contributed by atoms with E-state index >= 15 is 0 Å². The predicted molar refractivity (Wildman–Crippen MR) is 71.0 cm³/mol. The summed E-state index contributed by atoms with van der Waals surface area (Å²) < 4.78 is 32.7. The third-order valence-electron chi connectivity index (χ3n) is 3.34. The molecular formula is C12H14N2O5S. The Hall–Kier alpha value is -1.80. The van der Waals surface area contributed by atoms with Crippen LogP contribution >= 0.6 is 0 Å². The van der Waals surface area contributed by atoms with E-state index in [-0.39, 0.29) is 30.8 Å². The summed E-state index contributed by atoms with van der Waals surface area (Å²) in [5.74, 6) is 0.659. The molecule has 0 radical (unpaired) electrons. The number of fused-ring (bicyclic) bond motifs is 1. The number of nitrogens with two attached hydrogens (primary N) is 1. The lowest BCUT2D eigenvalue weighted by atomic mass is 10.1. The van der Waals surface area contributed by atoms with Crippen LogP contribution < -0.4 is 19.5 Å². The number of hydrogen-bond acceptors (Lipinski definition) is 5. The van der Waals surface area contributed by atoms with Crippen LogP contribution in [0.25, 0.3) is 0 Å². The summed E-state index contributed by atoms with van der Waals surface area (Å²) in [4.78, 5) is 13.5. The molecule has 20 heavy (non-hydrogen) atoms. The summed E-state index contributed by atoms with van der Waals surface area (Å²) in [6, 6.07) is 5.21. The van der Waals surface area contributed by atoms with Gasteiger partial charge in [-0.1, -0.05) is 0 Å². The highest BCUT2D eigenvalue weighted by molar-refractivity contribution is 7.89. The van der Waals surface area contributed by atoms with Crippen molar-refractivity contribution in [2.75, 3.05) is 24.0 Å². The number of sulfonamides is 1. The van der Waals surface area contributed by atoms with Gasteiger partial charge in [0.1, 0.15) is 0 Å². The number of rotatable bonds is 3. The zero-order chi connectivity index (χ0) is 14.3. The van der Waals surface area contributed by atoms with Gasteiger partial charge in [0.15, 0.2) is 11.5 Å². The van der Waals surface area contributed by atoms with Gasteiger partial charge in [-0.15, -0.1) is 0 Å². The monoisotopic (exact) mass is 298 g/mol. The SMILES string of the molecule is NS(=O)(=O)CC1CC(=O)N(c2ccc3c(c2)OCO3)C1. The molecule has 0 bridgehead atoms. The Labute approximate surface area is 116 Å². The minimum absolute atomic E-state index is 0.113. The Morgan fingerprint density at radius 3 is 2.80 bits per heavy atom. The number of anilines is 1. The van der Waals surface area contributed by atoms with E-state index in [9.17, 15) is 13.2 Å². The molecule has 2 aliphatic rings. The first-order valence-corrected chi connectivity index (χ1v) is 7.84. The lowest BCUT2D eigenvalue weighted by Gasteiger charge is -2.17. The van der Waals surface area contributed by atoms with Gasteiger partial charge in [0.25, 0.3) is 0 Å². The van der Waals surface area contributed by atoms with Gasteiger partial charge in [-0.25, -0.2) is 13.6 Å². The van der Waals surface area contributed by atoms with Crippen molar-refractivity contribution >= 4 is 21.6 Å². The second kappa shape index (κ2) is 4.64. The molecule has 1 amide bonds. The lowest BCUT2D eigenvalue weighted by Crippen LogP contribution is -2.27. The molecular weight excluding hydrogens is 284 g/mol. The Morgan fingerprint density at radius 1 is 1.30 bits per heavy atom. The average molecular weight is 298 g/mol. The first kappa shape index (κ1) is 13.2. The van der Waals surface area contributed by atoms with Gasteiger partial charge in [-0.2, -0.15) is 0 Å². The van der Waals surface area contributed by atoms with Crippen LogP contribution in [-0.2, 0) is 14.8 Å². The number of carbonyl (C=O) groups excluding carboxylic acids is 1. The lowest BCUT2D eigenvalue weighted by molar-refractivity contribution is -0.117. The van der Waals surface area contributed by atoms with Crippen molar-refractivity contribution in [2.45, 2.75) is 6.42 Å². The van der Waals surface area contributed by atoms with Crippen LogP contribution in [0.15, 0.2) is 18.2 Å². The van der Waals surface area contributed by atoms with Crippen molar-refractivity contribution in [3.05, 3.63) is 18.2 Å². The van der Waals surface area contributed by atoms with E-state index in [1.165, 1.54) is 0 Å². The van der Waals surface area contributed by atoms with Crippen molar-refractivity contribution in [1.29, 1.82) is 0 Å². The maximum absolute atomic E-state index is 12.0. The molecule has 1 atom stereocenters. The molecule has 1 aromatic rings. The third kappa shape index (κ3) is 2.56. The molecule has 1 unspecified atom stereocenters. The van der Waals surface area contributed by atoms with Gasteiger partial charge < -0.3 is 14.4 Å². The minimum Gasteiger partial charge on any atom is -0.454 e. The van der Waals surface area contributed by atoms with Crippen LogP contribution in [-0.4, -0.2) is 33.4 Å². The quantitative estimate of drug-likeness (QED) is 0.850. The predicted octanol–water partition coefficient (Wildman–Crippen LogP) is 0.0567. The van der Waals surface area contributed by atoms with Gasteiger partial charge >= 0.3 is 0 Å². The smallest absolute Gasteiger partial charge is 0.231 e. The van der Waals surface area contributed by atoms with E-state index in [2.05, 4.69) is 0 Å². The largest absolute Gasteiger partial charge is 0.454 e. The van der Waals surface area contributed by atoms with Crippen LogP contribution in [0, 0.1) is 5.92 Å². The molecule has 1 aromatic carbocycles. The van der Waals surface area contributed by atoms with Crippen LogP contribution in [0.2, 0.25) is 0 Å². The molecule has 0 aliphatic carbocycles. The summed E-state index contributed by atoms with van der Waals surface area (Å²) >= 11 is 0. The van der Waals surface area contributed by atoms with Gasteiger partial charge in [0.05, 0.1) is 5.75 Å². The molecule has 0 saturated carbocycles. The third-order valence-corrected chi connectivity index (χ3v) is 4.28. The van der Waals surface area contributed by atoms with Crippen molar-refractivity contribution in [2.24, 2.45) is 11.1 Å². The van der Waals surface area contributed by atoms with Crippen LogP contribution in [0.4, 0.5) is 5.69 Å². The van der Waals surface area contributed by atoms with Crippen LogP contribution in [0.3, 0.4) is 0 Å². The highest BCUT2D eigenvalue weighted by atomic mass is 32.2. The molecule has 108 valence electrons. The van der Waals surface area contributed by atoms with Gasteiger partial charge in [0, 0.05) is 30.6 Å². The highest BCUT2D eigenvalue weighted by Crippen LogP contribution is 2.37. The number of primary sulfonamides is 1. The molecule has 0 aromatic heterocycles. The Bertz CT molecular complexity index is 658. The van der Waals surface area contributed by atoms with E-state index in [1.54, 1.807) is 23.1 Å². The number of nitrogens with zero attached hydrogens (tertiary/aromatic N) is 1. The maximum Gasteiger partial charge on any atom is 0.231 e. The fourth-order valence-corrected chi connectivity index (χ4v) is 3.40. The molecule has 2 N–H and O–H groups in total. The fraction of sp³-hybridized carbons (Fsp3) is 0.417. The summed E-state index contributed by atoms with van der Waals surface area (Å²) in [5.41, 5.74) is 0.677. The molecule has 1 saturated heterocycles. The summed E-state index contributed by atoms with van der Waals surface area (Å²) in [6.45, 7) is 0.510. The van der Waals surface area contributed by atoms with Gasteiger partial charge in [-0.3, -0.25) is 4.79 Å². The zero-order valence-electron chi connectivity index (χ0n) is 10.6. The van der Waals surface area contributed by atoms with E-state index in [0.29, 0.717) is 23.7 Å². The first-order valence-electron chi connectivity index (χ1n) is 6.13. The molecule has 3 rings (SSSR count). The Kier molecular flexibility index (Phi) is 3.06. The van der Waals surface area contributed by atoms with Crippen molar-refractivity contribution in [1.82, 2.24) is 0 Å². The van der Waals surface area contributed by atoms with Crippen molar-refractivity contribution in [3.63, 3.8) is 0 Å².